The van der Waals surface area contributed by atoms with Gasteiger partial charge < -0.3 is 0 Å². The Morgan fingerprint density at radius 3 is 1.29 bits per heavy atom. The molecule has 0 heterocycles. The number of rotatable bonds is 25. The molecule has 0 N–H and O–H groups in total. The van der Waals surface area contributed by atoms with Crippen LogP contribution in [0.3, 0.4) is 0 Å². The van der Waals surface area contributed by atoms with E-state index in [2.05, 4.69) is 40.7 Å². The van der Waals surface area contributed by atoms with Crippen LogP contribution in [-0.4, -0.2) is 0 Å². The summed E-state index contributed by atoms with van der Waals surface area (Å²) in [5, 5.41) is 0. The molecule has 1 aliphatic rings. The highest BCUT2D eigenvalue weighted by atomic mass is 14.4. The molecule has 0 saturated carbocycles. The molecular formula is C35H66. The summed E-state index contributed by atoms with van der Waals surface area (Å²) < 4.78 is 0. The smallest absolute Gasteiger partial charge is 0.0102 e. The van der Waals surface area contributed by atoms with Crippen molar-refractivity contribution >= 4 is 0 Å². The lowest BCUT2D eigenvalue weighted by atomic mass is 9.71. The molecule has 1 rings (SSSR count). The Bertz CT molecular complexity index is 536. The van der Waals surface area contributed by atoms with Crippen LogP contribution in [-0.2, 0) is 0 Å². The van der Waals surface area contributed by atoms with Gasteiger partial charge in [0.15, 0.2) is 0 Å². The fourth-order valence-electron chi connectivity index (χ4n) is 6.44. The molecule has 0 spiro atoms. The van der Waals surface area contributed by atoms with Crippen LogP contribution in [0.25, 0.3) is 0 Å². The summed E-state index contributed by atoms with van der Waals surface area (Å²) in [4.78, 5) is 0. The Balaban J connectivity index is 3.22. The van der Waals surface area contributed by atoms with Crippen molar-refractivity contribution in [3.63, 3.8) is 0 Å². The second-order valence-electron chi connectivity index (χ2n) is 11.8. The fraction of sp³-hybridized carbons (Fsp3) is 0.886. The van der Waals surface area contributed by atoms with Gasteiger partial charge in [0.2, 0.25) is 0 Å². The summed E-state index contributed by atoms with van der Waals surface area (Å²) in [6.07, 6.45) is 37.9. The van der Waals surface area contributed by atoms with E-state index in [1.165, 1.54) is 161 Å². The van der Waals surface area contributed by atoms with Crippen molar-refractivity contribution in [1.82, 2.24) is 0 Å². The Kier molecular flexibility index (Phi) is 20.0. The van der Waals surface area contributed by atoms with Crippen LogP contribution in [0, 0.1) is 5.41 Å². The molecule has 0 unspecified atom stereocenters. The lowest BCUT2D eigenvalue weighted by molar-refractivity contribution is 0.343. The second-order valence-corrected chi connectivity index (χ2v) is 11.8. The first-order valence-electron chi connectivity index (χ1n) is 16.6. The zero-order valence-electron chi connectivity index (χ0n) is 25.3. The van der Waals surface area contributed by atoms with Gasteiger partial charge in [0.1, 0.15) is 0 Å². The van der Waals surface area contributed by atoms with Crippen LogP contribution in [0.15, 0.2) is 22.8 Å². The first-order valence-corrected chi connectivity index (χ1v) is 16.6. The maximum atomic E-state index is 2.90. The normalized spacial score (nSPS) is 15.3. The summed E-state index contributed by atoms with van der Waals surface area (Å²) in [7, 11) is 0. The van der Waals surface area contributed by atoms with E-state index in [0.717, 1.165) is 0 Å². The molecule has 0 aliphatic heterocycles. The molecule has 0 atom stereocenters. The monoisotopic (exact) mass is 487 g/mol. The minimum atomic E-state index is 0.411. The highest BCUT2D eigenvalue weighted by molar-refractivity contribution is 5.48. The number of unbranched alkanes of at least 4 members (excludes halogenated alkanes) is 15. The predicted molar refractivity (Wildman–Crippen MR) is 161 cm³/mol. The van der Waals surface area contributed by atoms with E-state index in [1.54, 1.807) is 0 Å². The Hall–Kier alpha value is -0.520. The molecular weight excluding hydrogens is 420 g/mol. The zero-order chi connectivity index (χ0) is 25.6. The van der Waals surface area contributed by atoms with Gasteiger partial charge in [-0.3, -0.25) is 0 Å². The van der Waals surface area contributed by atoms with Gasteiger partial charge in [0.25, 0.3) is 0 Å². The van der Waals surface area contributed by atoms with E-state index < -0.39 is 0 Å². The van der Waals surface area contributed by atoms with Gasteiger partial charge in [-0.2, -0.15) is 0 Å². The topological polar surface area (TPSA) is 0 Å². The molecule has 0 bridgehead atoms. The van der Waals surface area contributed by atoms with Crippen molar-refractivity contribution in [2.24, 2.45) is 5.41 Å². The third-order valence-corrected chi connectivity index (χ3v) is 8.62. The van der Waals surface area contributed by atoms with Crippen LogP contribution >= 0.6 is 0 Å². The second kappa shape index (κ2) is 21.6. The molecule has 206 valence electrons. The summed E-state index contributed by atoms with van der Waals surface area (Å²) in [6, 6.07) is 0. The summed E-state index contributed by atoms with van der Waals surface area (Å²) in [5.74, 6) is 0. The SMILES string of the molecule is CCCCCCC1=CC(CCCCCC)(CCCCCC)C(CCCCCC)=C1CCCCCC. The van der Waals surface area contributed by atoms with Gasteiger partial charge in [-0.05, 0) is 62.5 Å². The average molecular weight is 487 g/mol. The average Bonchev–Trinajstić information content (AvgIpc) is 3.15. The quantitative estimate of drug-likeness (QED) is 0.112. The third kappa shape index (κ3) is 13.0. The van der Waals surface area contributed by atoms with E-state index in [9.17, 15) is 0 Å². The standard InChI is InChI=1S/C35H66/c1-6-11-16-21-26-32-31-35(29-24-19-14-9-4,30-25-20-15-10-5)34(28-23-18-13-8-3)33(32)27-22-17-12-7-2/h31H,6-30H2,1-5H3. The Morgan fingerprint density at radius 1 is 0.429 bits per heavy atom. The van der Waals surface area contributed by atoms with Gasteiger partial charge in [0, 0.05) is 5.41 Å². The molecule has 1 aliphatic carbocycles. The molecule has 0 fully saturated rings. The van der Waals surface area contributed by atoms with Crippen molar-refractivity contribution in [1.29, 1.82) is 0 Å². The lowest BCUT2D eigenvalue weighted by Gasteiger charge is -2.33. The molecule has 0 radical (unpaired) electrons. The molecule has 0 aromatic carbocycles. The van der Waals surface area contributed by atoms with E-state index in [4.69, 9.17) is 0 Å². The highest BCUT2D eigenvalue weighted by Gasteiger charge is 2.38. The maximum absolute atomic E-state index is 2.90. The molecule has 0 amide bonds. The first-order chi connectivity index (χ1) is 17.2. The third-order valence-electron chi connectivity index (χ3n) is 8.62. The maximum Gasteiger partial charge on any atom is 0.0102 e. The van der Waals surface area contributed by atoms with Gasteiger partial charge >= 0.3 is 0 Å². The van der Waals surface area contributed by atoms with Gasteiger partial charge in [-0.15, -0.1) is 0 Å². The van der Waals surface area contributed by atoms with Crippen LogP contribution < -0.4 is 0 Å². The van der Waals surface area contributed by atoms with Crippen molar-refractivity contribution < 1.29 is 0 Å². The van der Waals surface area contributed by atoms with Crippen LogP contribution in [0.2, 0.25) is 0 Å². The van der Waals surface area contributed by atoms with Crippen LogP contribution in [0.1, 0.15) is 195 Å². The fourth-order valence-corrected chi connectivity index (χ4v) is 6.44. The minimum absolute atomic E-state index is 0.411. The molecule has 0 aromatic rings. The van der Waals surface area contributed by atoms with Crippen LogP contribution in [0.4, 0.5) is 0 Å². The van der Waals surface area contributed by atoms with Gasteiger partial charge in [0.05, 0.1) is 0 Å². The summed E-state index contributed by atoms with van der Waals surface area (Å²) in [6.45, 7) is 11.8. The Labute approximate surface area is 223 Å². The van der Waals surface area contributed by atoms with Crippen molar-refractivity contribution in [2.45, 2.75) is 195 Å². The van der Waals surface area contributed by atoms with E-state index in [0.29, 0.717) is 5.41 Å². The van der Waals surface area contributed by atoms with E-state index in [1.807, 2.05) is 16.7 Å². The Morgan fingerprint density at radius 2 is 0.829 bits per heavy atom. The molecule has 0 nitrogen and oxygen atoms in total. The number of allylic oxidation sites excluding steroid dienone is 4. The van der Waals surface area contributed by atoms with Crippen molar-refractivity contribution in [3.05, 3.63) is 22.8 Å². The first kappa shape index (κ1) is 32.5. The predicted octanol–water partition coefficient (Wildman–Crippen LogP) is 13.1. The molecule has 0 heteroatoms. The highest BCUT2D eigenvalue weighted by Crippen LogP contribution is 2.52. The summed E-state index contributed by atoms with van der Waals surface area (Å²) >= 11 is 0. The lowest BCUT2D eigenvalue weighted by Crippen LogP contribution is -2.20. The van der Waals surface area contributed by atoms with Gasteiger partial charge in [-0.1, -0.05) is 155 Å². The largest absolute Gasteiger partial charge is 0.0708 e. The van der Waals surface area contributed by atoms with Crippen LogP contribution in [0.5, 0.6) is 0 Å². The number of hydrogen-bond acceptors (Lipinski definition) is 0. The number of hydrogen-bond donors (Lipinski definition) is 0. The molecule has 0 aromatic heterocycles. The van der Waals surface area contributed by atoms with Crippen molar-refractivity contribution in [2.75, 3.05) is 0 Å². The van der Waals surface area contributed by atoms with Gasteiger partial charge in [-0.25, -0.2) is 0 Å². The minimum Gasteiger partial charge on any atom is -0.0708 e. The summed E-state index contributed by atoms with van der Waals surface area (Å²) in [5.41, 5.74) is 6.05. The van der Waals surface area contributed by atoms with Crippen molar-refractivity contribution in [3.8, 4) is 0 Å². The van der Waals surface area contributed by atoms with E-state index in [-0.39, 0.29) is 0 Å². The zero-order valence-corrected chi connectivity index (χ0v) is 25.3. The molecule has 35 heavy (non-hydrogen) atoms. The molecule has 0 saturated heterocycles. The van der Waals surface area contributed by atoms with E-state index >= 15 is 0 Å².